The first-order chi connectivity index (χ1) is 14.4. The molecule has 0 aliphatic carbocycles. The molecule has 3 atom stereocenters. The van der Waals surface area contributed by atoms with Gasteiger partial charge in [-0.1, -0.05) is 58.4 Å². The molecule has 6 nitrogen and oxygen atoms in total. The minimum Gasteiger partial charge on any atom is -0.379 e. The number of nitrogens with zero attached hydrogens (tertiary/aromatic N) is 2. The van der Waals surface area contributed by atoms with E-state index < -0.39 is 23.7 Å². The molecule has 0 aromatic heterocycles. The maximum Gasteiger partial charge on any atom is 0.255 e. The molecule has 3 N–H and O–H groups in total. The number of amides is 1. The monoisotopic (exact) mass is 471 g/mol. The van der Waals surface area contributed by atoms with Crippen molar-refractivity contribution in [3.05, 3.63) is 70.2 Å². The number of nitriles is 1. The quantitative estimate of drug-likeness (QED) is 0.562. The summed E-state index contributed by atoms with van der Waals surface area (Å²) in [4.78, 5) is 14.3. The predicted molar refractivity (Wildman–Crippen MR) is 117 cm³/mol. The topological polar surface area (TPSA) is 96.6 Å². The van der Waals surface area contributed by atoms with E-state index in [0.717, 1.165) is 15.6 Å². The van der Waals surface area contributed by atoms with Crippen LogP contribution < -0.4 is 5.32 Å². The van der Waals surface area contributed by atoms with E-state index in [4.69, 9.17) is 0 Å². The van der Waals surface area contributed by atoms with Gasteiger partial charge in [0.05, 0.1) is 11.5 Å². The second-order valence-corrected chi connectivity index (χ2v) is 8.63. The number of rotatable bonds is 6. The molecule has 30 heavy (non-hydrogen) atoms. The number of hydrogen-bond donors (Lipinski definition) is 3. The van der Waals surface area contributed by atoms with E-state index in [1.165, 1.54) is 4.90 Å². The summed E-state index contributed by atoms with van der Waals surface area (Å²) < 4.78 is 0.947. The molecule has 1 amide bonds. The number of hydrogen-bond acceptors (Lipinski definition) is 5. The number of carbonyl (C=O) groups excluding carboxylic acids is 1. The largest absolute Gasteiger partial charge is 0.379 e. The molecule has 0 spiro atoms. The molecule has 7 heteroatoms. The lowest BCUT2D eigenvalue weighted by molar-refractivity contribution is -0.149. The van der Waals surface area contributed by atoms with Crippen LogP contribution in [0.4, 0.5) is 0 Å². The summed E-state index contributed by atoms with van der Waals surface area (Å²) in [5.74, 6) is -0.530. The SMILES string of the molecule is C[C@H](N[C@H](O)[C@@H](O)C(=O)N1CCC(C#N)(c2ccccc2)CC1)c1ccc(Br)cc1. The van der Waals surface area contributed by atoms with Crippen LogP contribution in [0, 0.1) is 11.3 Å². The second-order valence-electron chi connectivity index (χ2n) is 7.71. The Morgan fingerprint density at radius 2 is 1.73 bits per heavy atom. The molecule has 0 radical (unpaired) electrons. The summed E-state index contributed by atoms with van der Waals surface area (Å²) in [6, 6.07) is 19.4. The van der Waals surface area contributed by atoms with Crippen LogP contribution in [0.25, 0.3) is 0 Å². The zero-order valence-electron chi connectivity index (χ0n) is 16.8. The molecule has 1 fully saturated rings. The Morgan fingerprint density at radius 1 is 1.13 bits per heavy atom. The number of benzene rings is 2. The van der Waals surface area contributed by atoms with Crippen molar-refractivity contribution in [2.75, 3.05) is 13.1 Å². The fraction of sp³-hybridized carbons (Fsp3) is 0.391. The highest BCUT2D eigenvalue weighted by Gasteiger charge is 2.39. The van der Waals surface area contributed by atoms with E-state index in [1.54, 1.807) is 0 Å². The van der Waals surface area contributed by atoms with Crippen molar-refractivity contribution in [3.63, 3.8) is 0 Å². The number of carbonyl (C=O) groups is 1. The van der Waals surface area contributed by atoms with Gasteiger partial charge in [-0.3, -0.25) is 10.1 Å². The van der Waals surface area contributed by atoms with Crippen LogP contribution in [-0.2, 0) is 10.2 Å². The standard InChI is InChI=1S/C23H26BrN3O3/c1-16(17-7-9-19(24)10-8-17)26-21(29)20(28)22(30)27-13-11-23(15-25,12-14-27)18-5-3-2-4-6-18/h2-10,16,20-21,26,28-29H,11-14H2,1H3/t16-,20+,21+/m0/s1. The summed E-state index contributed by atoms with van der Waals surface area (Å²) in [7, 11) is 0. The van der Waals surface area contributed by atoms with Crippen molar-refractivity contribution in [2.45, 2.75) is 43.6 Å². The number of aliphatic hydroxyl groups excluding tert-OH is 2. The Labute approximate surface area is 185 Å². The molecule has 0 saturated carbocycles. The third-order valence-electron chi connectivity index (χ3n) is 5.81. The highest BCUT2D eigenvalue weighted by atomic mass is 79.9. The Bertz CT molecular complexity index is 890. The van der Waals surface area contributed by atoms with Gasteiger partial charge in [0, 0.05) is 23.6 Å². The number of piperidine rings is 1. The summed E-state index contributed by atoms with van der Waals surface area (Å²) in [6.07, 6.45) is -1.99. The van der Waals surface area contributed by atoms with Crippen molar-refractivity contribution in [1.29, 1.82) is 5.26 Å². The summed E-state index contributed by atoms with van der Waals surface area (Å²) >= 11 is 3.38. The molecule has 1 aliphatic heterocycles. The second kappa shape index (κ2) is 9.71. The van der Waals surface area contributed by atoms with E-state index in [9.17, 15) is 20.3 Å². The number of likely N-dealkylation sites (tertiary alicyclic amines) is 1. The van der Waals surface area contributed by atoms with Gasteiger partial charge in [-0.2, -0.15) is 5.26 Å². The fourth-order valence-electron chi connectivity index (χ4n) is 3.85. The normalized spacial score (nSPS) is 18.8. The van der Waals surface area contributed by atoms with Crippen LogP contribution in [0.15, 0.2) is 59.1 Å². The first-order valence-electron chi connectivity index (χ1n) is 9.99. The van der Waals surface area contributed by atoms with Crippen molar-refractivity contribution in [3.8, 4) is 6.07 Å². The Kier molecular flexibility index (Phi) is 7.27. The van der Waals surface area contributed by atoms with Gasteiger partial charge < -0.3 is 15.1 Å². The smallest absolute Gasteiger partial charge is 0.255 e. The molecule has 1 aliphatic rings. The van der Waals surface area contributed by atoms with Gasteiger partial charge in [0.1, 0.15) is 6.23 Å². The molecular formula is C23H26BrN3O3. The molecule has 158 valence electrons. The minimum absolute atomic E-state index is 0.249. The average molecular weight is 472 g/mol. The number of nitrogens with one attached hydrogen (secondary N) is 1. The van der Waals surface area contributed by atoms with Crippen molar-refractivity contribution in [2.24, 2.45) is 0 Å². The van der Waals surface area contributed by atoms with E-state index in [0.29, 0.717) is 25.9 Å². The zero-order valence-corrected chi connectivity index (χ0v) is 18.4. The molecule has 2 aromatic carbocycles. The summed E-state index contributed by atoms with van der Waals surface area (Å²) in [5.41, 5.74) is 1.25. The highest BCUT2D eigenvalue weighted by Crippen LogP contribution is 2.35. The summed E-state index contributed by atoms with van der Waals surface area (Å²) in [5, 5.41) is 33.4. The van der Waals surface area contributed by atoms with E-state index in [-0.39, 0.29) is 6.04 Å². The maximum atomic E-state index is 12.7. The van der Waals surface area contributed by atoms with Crippen LogP contribution in [0.1, 0.15) is 36.9 Å². The first kappa shape index (κ1) is 22.4. The number of aliphatic hydroxyl groups is 2. The van der Waals surface area contributed by atoms with E-state index >= 15 is 0 Å². The lowest BCUT2D eigenvalue weighted by Gasteiger charge is -2.38. The van der Waals surface area contributed by atoms with Crippen LogP contribution in [0.2, 0.25) is 0 Å². The fourth-order valence-corrected chi connectivity index (χ4v) is 4.11. The van der Waals surface area contributed by atoms with Gasteiger partial charge in [-0.05, 0) is 43.0 Å². The van der Waals surface area contributed by atoms with Gasteiger partial charge in [-0.25, -0.2) is 0 Å². The highest BCUT2D eigenvalue weighted by molar-refractivity contribution is 9.10. The van der Waals surface area contributed by atoms with Crippen LogP contribution in [-0.4, -0.2) is 46.4 Å². The molecule has 3 rings (SSSR count). The van der Waals surface area contributed by atoms with Gasteiger partial charge in [0.2, 0.25) is 0 Å². The third kappa shape index (κ3) is 4.90. The molecular weight excluding hydrogens is 446 g/mol. The Hall–Kier alpha value is -2.24. The first-order valence-corrected chi connectivity index (χ1v) is 10.8. The Balaban J connectivity index is 1.59. The van der Waals surface area contributed by atoms with E-state index in [2.05, 4.69) is 27.3 Å². The zero-order chi connectivity index (χ0) is 21.7. The third-order valence-corrected chi connectivity index (χ3v) is 6.34. The van der Waals surface area contributed by atoms with Gasteiger partial charge in [0.25, 0.3) is 5.91 Å². The van der Waals surface area contributed by atoms with Crippen LogP contribution in [0.5, 0.6) is 0 Å². The number of halogens is 1. The lowest BCUT2D eigenvalue weighted by Crippen LogP contribution is -2.53. The van der Waals surface area contributed by atoms with Crippen LogP contribution >= 0.6 is 15.9 Å². The predicted octanol–water partition coefficient (Wildman–Crippen LogP) is 2.86. The molecule has 0 bridgehead atoms. The van der Waals surface area contributed by atoms with E-state index in [1.807, 2.05) is 61.5 Å². The van der Waals surface area contributed by atoms with Gasteiger partial charge >= 0.3 is 0 Å². The van der Waals surface area contributed by atoms with Gasteiger partial charge in [-0.15, -0.1) is 0 Å². The lowest BCUT2D eigenvalue weighted by atomic mass is 9.74. The van der Waals surface area contributed by atoms with Crippen molar-refractivity contribution >= 4 is 21.8 Å². The maximum absolute atomic E-state index is 12.7. The van der Waals surface area contributed by atoms with Crippen molar-refractivity contribution in [1.82, 2.24) is 10.2 Å². The molecule has 1 saturated heterocycles. The summed E-state index contributed by atoms with van der Waals surface area (Å²) in [6.45, 7) is 2.56. The van der Waals surface area contributed by atoms with Crippen LogP contribution in [0.3, 0.4) is 0 Å². The average Bonchev–Trinajstić information content (AvgIpc) is 2.79. The minimum atomic E-state index is -1.57. The van der Waals surface area contributed by atoms with Gasteiger partial charge in [0.15, 0.2) is 6.10 Å². The molecule has 0 unspecified atom stereocenters. The van der Waals surface area contributed by atoms with Crippen molar-refractivity contribution < 1.29 is 15.0 Å². The molecule has 1 heterocycles. The molecule has 2 aromatic rings. The Morgan fingerprint density at radius 3 is 2.30 bits per heavy atom.